The third kappa shape index (κ3) is 3.43. The summed E-state index contributed by atoms with van der Waals surface area (Å²) in [7, 11) is 0. The number of rotatable bonds is 4. The van der Waals surface area contributed by atoms with E-state index in [9.17, 15) is 9.18 Å². The van der Waals surface area contributed by atoms with E-state index in [0.29, 0.717) is 6.42 Å². The van der Waals surface area contributed by atoms with Crippen LogP contribution in [0, 0.1) is 5.82 Å². The molecule has 0 bridgehead atoms. The van der Waals surface area contributed by atoms with Crippen molar-refractivity contribution in [1.29, 1.82) is 0 Å². The maximum Gasteiger partial charge on any atom is 0.303 e. The molecule has 5 heteroatoms. The summed E-state index contributed by atoms with van der Waals surface area (Å²) < 4.78 is 13.2. The van der Waals surface area contributed by atoms with Gasteiger partial charge in [-0.05, 0) is 24.6 Å². The molecule has 1 aromatic rings. The maximum absolute atomic E-state index is 13.2. The Kier molecular flexibility index (Phi) is 4.15. The molecule has 1 saturated heterocycles. The van der Waals surface area contributed by atoms with Gasteiger partial charge in [0, 0.05) is 37.8 Å². The van der Waals surface area contributed by atoms with Gasteiger partial charge in [-0.15, -0.1) is 0 Å². The van der Waals surface area contributed by atoms with Gasteiger partial charge in [-0.2, -0.15) is 0 Å². The summed E-state index contributed by atoms with van der Waals surface area (Å²) in [6.07, 6.45) is 0.760. The molecule has 1 heterocycles. The molecule has 0 amide bonds. The van der Waals surface area contributed by atoms with Crippen molar-refractivity contribution in [3.63, 3.8) is 0 Å². The minimum atomic E-state index is -0.778. The van der Waals surface area contributed by atoms with Crippen LogP contribution >= 0.6 is 0 Å². The molecule has 2 N–H and O–H groups in total. The molecule has 0 aromatic heterocycles. The van der Waals surface area contributed by atoms with Crippen LogP contribution < -0.4 is 10.2 Å². The summed E-state index contributed by atoms with van der Waals surface area (Å²) in [5.74, 6) is -1.02. The highest BCUT2D eigenvalue weighted by Crippen LogP contribution is 2.18. The average molecular weight is 252 g/mol. The molecule has 1 unspecified atom stereocenters. The number of hydrogen-bond acceptors (Lipinski definition) is 3. The third-order valence-electron chi connectivity index (χ3n) is 3.14. The molecule has 1 aromatic carbocycles. The molecule has 1 atom stereocenters. The number of carboxylic acid groups (broad SMARTS) is 1. The minimum absolute atomic E-state index is 0.151. The molecular formula is C13H17FN2O2. The zero-order valence-corrected chi connectivity index (χ0v) is 10.1. The lowest BCUT2D eigenvalue weighted by Crippen LogP contribution is -2.50. The highest BCUT2D eigenvalue weighted by molar-refractivity contribution is 5.66. The van der Waals surface area contributed by atoms with Crippen LogP contribution in [-0.4, -0.2) is 36.8 Å². The Morgan fingerprint density at radius 2 is 2.39 bits per heavy atom. The summed E-state index contributed by atoms with van der Waals surface area (Å²) in [5.41, 5.74) is 0.858. The van der Waals surface area contributed by atoms with Gasteiger partial charge in [0.2, 0.25) is 0 Å². The third-order valence-corrected chi connectivity index (χ3v) is 3.14. The SMILES string of the molecule is O=C(O)CCC1CN(c2cccc(F)c2)CCN1. The number of benzene rings is 1. The van der Waals surface area contributed by atoms with Crippen molar-refractivity contribution >= 4 is 11.7 Å². The van der Waals surface area contributed by atoms with Crippen molar-refractivity contribution < 1.29 is 14.3 Å². The summed E-state index contributed by atoms with van der Waals surface area (Å²) in [5, 5.41) is 12.0. The second-order valence-corrected chi connectivity index (χ2v) is 4.51. The Balaban J connectivity index is 1.96. The van der Waals surface area contributed by atoms with Gasteiger partial charge < -0.3 is 15.3 Å². The van der Waals surface area contributed by atoms with Crippen LogP contribution in [0.25, 0.3) is 0 Å². The lowest BCUT2D eigenvalue weighted by molar-refractivity contribution is -0.137. The molecule has 1 aliphatic rings. The Hall–Kier alpha value is -1.62. The molecule has 1 fully saturated rings. The van der Waals surface area contributed by atoms with Crippen LogP contribution in [-0.2, 0) is 4.79 Å². The van der Waals surface area contributed by atoms with Crippen molar-refractivity contribution in [3.05, 3.63) is 30.1 Å². The standard InChI is InChI=1S/C13H17FN2O2/c14-10-2-1-3-12(8-10)16-7-6-15-11(9-16)4-5-13(17)18/h1-3,8,11,15H,4-7,9H2,(H,17,18). The number of nitrogens with zero attached hydrogens (tertiary/aromatic N) is 1. The van der Waals surface area contributed by atoms with Crippen LogP contribution in [0.1, 0.15) is 12.8 Å². The maximum atomic E-state index is 13.2. The number of piperazine rings is 1. The normalized spacial score (nSPS) is 19.8. The van der Waals surface area contributed by atoms with E-state index in [0.717, 1.165) is 25.3 Å². The van der Waals surface area contributed by atoms with E-state index in [1.807, 2.05) is 6.07 Å². The first kappa shape index (κ1) is 12.8. The van der Waals surface area contributed by atoms with E-state index in [-0.39, 0.29) is 18.3 Å². The molecule has 4 nitrogen and oxygen atoms in total. The lowest BCUT2D eigenvalue weighted by atomic mass is 10.1. The number of halogens is 1. The molecular weight excluding hydrogens is 235 g/mol. The Morgan fingerprint density at radius 3 is 3.11 bits per heavy atom. The summed E-state index contributed by atoms with van der Waals surface area (Å²) in [6.45, 7) is 2.32. The van der Waals surface area contributed by atoms with E-state index in [1.165, 1.54) is 12.1 Å². The molecule has 0 radical (unpaired) electrons. The zero-order valence-electron chi connectivity index (χ0n) is 10.1. The van der Waals surface area contributed by atoms with E-state index in [1.54, 1.807) is 6.07 Å². The molecule has 0 spiro atoms. The summed E-state index contributed by atoms with van der Waals surface area (Å²) in [6, 6.07) is 6.66. The number of anilines is 1. The smallest absolute Gasteiger partial charge is 0.303 e. The predicted octanol–water partition coefficient (Wildman–Crippen LogP) is 1.47. The Morgan fingerprint density at radius 1 is 1.56 bits per heavy atom. The topological polar surface area (TPSA) is 52.6 Å². The van der Waals surface area contributed by atoms with Crippen molar-refractivity contribution in [3.8, 4) is 0 Å². The Bertz CT molecular complexity index is 425. The van der Waals surface area contributed by atoms with Crippen molar-refractivity contribution in [2.75, 3.05) is 24.5 Å². The van der Waals surface area contributed by atoms with E-state index in [2.05, 4.69) is 10.2 Å². The number of hydrogen-bond donors (Lipinski definition) is 2. The molecule has 18 heavy (non-hydrogen) atoms. The second kappa shape index (κ2) is 5.82. The van der Waals surface area contributed by atoms with E-state index < -0.39 is 5.97 Å². The zero-order chi connectivity index (χ0) is 13.0. The van der Waals surface area contributed by atoms with Gasteiger partial charge in [0.05, 0.1) is 0 Å². The van der Waals surface area contributed by atoms with Crippen LogP contribution in [0.3, 0.4) is 0 Å². The average Bonchev–Trinajstić information content (AvgIpc) is 2.37. The molecule has 1 aliphatic heterocycles. The van der Waals surface area contributed by atoms with Crippen LogP contribution in [0.15, 0.2) is 24.3 Å². The van der Waals surface area contributed by atoms with Crippen molar-refractivity contribution in [2.45, 2.75) is 18.9 Å². The quantitative estimate of drug-likeness (QED) is 0.852. The number of carbonyl (C=O) groups is 1. The molecule has 0 aliphatic carbocycles. The number of nitrogens with one attached hydrogen (secondary N) is 1. The second-order valence-electron chi connectivity index (χ2n) is 4.51. The predicted molar refractivity (Wildman–Crippen MR) is 67.3 cm³/mol. The number of carboxylic acids is 1. The van der Waals surface area contributed by atoms with E-state index in [4.69, 9.17) is 5.11 Å². The van der Waals surface area contributed by atoms with Gasteiger partial charge in [0.25, 0.3) is 0 Å². The van der Waals surface area contributed by atoms with Gasteiger partial charge in [-0.25, -0.2) is 4.39 Å². The first-order valence-electron chi connectivity index (χ1n) is 6.11. The van der Waals surface area contributed by atoms with E-state index >= 15 is 0 Å². The van der Waals surface area contributed by atoms with Crippen LogP contribution in [0.4, 0.5) is 10.1 Å². The molecule has 98 valence electrons. The molecule has 0 saturated carbocycles. The van der Waals surface area contributed by atoms with Crippen molar-refractivity contribution in [2.24, 2.45) is 0 Å². The Labute approximate surface area is 105 Å². The van der Waals surface area contributed by atoms with Crippen LogP contribution in [0.2, 0.25) is 0 Å². The largest absolute Gasteiger partial charge is 0.481 e. The monoisotopic (exact) mass is 252 g/mol. The van der Waals surface area contributed by atoms with Gasteiger partial charge in [-0.1, -0.05) is 6.07 Å². The van der Waals surface area contributed by atoms with Crippen LogP contribution in [0.5, 0.6) is 0 Å². The fraction of sp³-hybridized carbons (Fsp3) is 0.462. The number of aliphatic carboxylic acids is 1. The summed E-state index contributed by atoms with van der Waals surface area (Å²) >= 11 is 0. The highest BCUT2D eigenvalue weighted by atomic mass is 19.1. The first-order valence-corrected chi connectivity index (χ1v) is 6.11. The van der Waals surface area contributed by atoms with Gasteiger partial charge in [-0.3, -0.25) is 4.79 Å². The lowest BCUT2D eigenvalue weighted by Gasteiger charge is -2.35. The summed E-state index contributed by atoms with van der Waals surface area (Å²) in [4.78, 5) is 12.6. The fourth-order valence-corrected chi connectivity index (χ4v) is 2.22. The highest BCUT2D eigenvalue weighted by Gasteiger charge is 2.20. The van der Waals surface area contributed by atoms with Gasteiger partial charge in [0.1, 0.15) is 5.82 Å². The first-order chi connectivity index (χ1) is 8.65. The van der Waals surface area contributed by atoms with Crippen molar-refractivity contribution in [1.82, 2.24) is 5.32 Å². The van der Waals surface area contributed by atoms with Gasteiger partial charge >= 0.3 is 5.97 Å². The minimum Gasteiger partial charge on any atom is -0.481 e. The van der Waals surface area contributed by atoms with Gasteiger partial charge in [0.15, 0.2) is 0 Å². The fourth-order valence-electron chi connectivity index (χ4n) is 2.22. The molecule has 2 rings (SSSR count).